The number of hydrogen-bond donors (Lipinski definition) is 1. The molecule has 0 spiro atoms. The highest BCUT2D eigenvalue weighted by Gasteiger charge is 2.26. The van der Waals surface area contributed by atoms with Crippen LogP contribution in [0.25, 0.3) is 11.0 Å². The van der Waals surface area contributed by atoms with Crippen LogP contribution < -0.4 is 4.90 Å². The summed E-state index contributed by atoms with van der Waals surface area (Å²) in [7, 11) is 0. The molecule has 98 valence electrons. The van der Waals surface area contributed by atoms with Crippen molar-refractivity contribution in [2.45, 2.75) is 6.42 Å². The van der Waals surface area contributed by atoms with Crippen LogP contribution in [0.5, 0.6) is 0 Å². The van der Waals surface area contributed by atoms with E-state index < -0.39 is 0 Å². The number of amides is 1. The Morgan fingerprint density at radius 1 is 1.20 bits per heavy atom. The van der Waals surface area contributed by atoms with Crippen molar-refractivity contribution in [3.63, 3.8) is 0 Å². The predicted octanol–water partition coefficient (Wildman–Crippen LogP) is 2.77. The number of carbonyl (C=O) groups excluding carboxylic acids is 1. The van der Waals surface area contributed by atoms with Crippen molar-refractivity contribution in [1.82, 2.24) is 9.97 Å². The number of hydrogen-bond acceptors (Lipinski definition) is 2. The Balaban J connectivity index is 1.79. The highest BCUT2D eigenvalue weighted by Crippen LogP contribution is 2.30. The summed E-state index contributed by atoms with van der Waals surface area (Å²) in [6.45, 7) is 0.741. The topological polar surface area (TPSA) is 49.0 Å². The maximum atomic E-state index is 12.8. The number of para-hydroxylation sites is 1. The maximum Gasteiger partial charge on any atom is 0.260 e. The first kappa shape index (κ1) is 11.2. The van der Waals surface area contributed by atoms with Crippen LogP contribution in [-0.2, 0) is 6.42 Å². The Labute approximate surface area is 116 Å². The number of fused-ring (bicyclic) bond motifs is 2. The van der Waals surface area contributed by atoms with Gasteiger partial charge in [0.15, 0.2) is 0 Å². The van der Waals surface area contributed by atoms with Crippen molar-refractivity contribution in [2.75, 3.05) is 11.4 Å². The third kappa shape index (κ3) is 1.54. The molecular formula is C16H13N3O. The second-order valence-electron chi connectivity index (χ2n) is 4.94. The van der Waals surface area contributed by atoms with E-state index in [0.29, 0.717) is 5.56 Å². The molecule has 0 aliphatic carbocycles. The molecule has 1 N–H and O–H groups in total. The van der Waals surface area contributed by atoms with Gasteiger partial charge in [0.25, 0.3) is 5.91 Å². The fourth-order valence-electron chi connectivity index (χ4n) is 2.83. The third-order valence-electron chi connectivity index (χ3n) is 3.81. The first-order valence-corrected chi connectivity index (χ1v) is 6.66. The van der Waals surface area contributed by atoms with Gasteiger partial charge in [0.05, 0.1) is 5.56 Å². The van der Waals surface area contributed by atoms with Crippen molar-refractivity contribution < 1.29 is 4.79 Å². The van der Waals surface area contributed by atoms with E-state index in [2.05, 4.69) is 16.0 Å². The van der Waals surface area contributed by atoms with E-state index in [4.69, 9.17) is 0 Å². The Morgan fingerprint density at radius 2 is 2.10 bits per heavy atom. The zero-order chi connectivity index (χ0) is 13.5. The van der Waals surface area contributed by atoms with E-state index in [1.165, 1.54) is 5.56 Å². The number of aromatic nitrogens is 2. The zero-order valence-electron chi connectivity index (χ0n) is 10.8. The first-order valence-electron chi connectivity index (χ1n) is 6.66. The number of rotatable bonds is 1. The Morgan fingerprint density at radius 3 is 3.05 bits per heavy atom. The molecule has 1 aliphatic rings. The van der Waals surface area contributed by atoms with Gasteiger partial charge in [-0.3, -0.25) is 4.79 Å². The Hall–Kier alpha value is -2.62. The van der Waals surface area contributed by atoms with Crippen molar-refractivity contribution in [1.29, 1.82) is 0 Å². The third-order valence-corrected chi connectivity index (χ3v) is 3.81. The lowest BCUT2D eigenvalue weighted by Crippen LogP contribution is -2.28. The van der Waals surface area contributed by atoms with E-state index in [1.54, 1.807) is 12.4 Å². The van der Waals surface area contributed by atoms with Gasteiger partial charge in [0.2, 0.25) is 0 Å². The van der Waals surface area contributed by atoms with Gasteiger partial charge in [-0.1, -0.05) is 18.2 Å². The minimum atomic E-state index is 0.0363. The molecule has 20 heavy (non-hydrogen) atoms. The number of nitrogens with zero attached hydrogens (tertiary/aromatic N) is 2. The molecule has 3 aromatic rings. The fraction of sp³-hybridized carbons (Fsp3) is 0.125. The average molecular weight is 263 g/mol. The van der Waals surface area contributed by atoms with Crippen molar-refractivity contribution in [2.24, 2.45) is 0 Å². The van der Waals surface area contributed by atoms with Crippen LogP contribution in [0.1, 0.15) is 15.9 Å². The summed E-state index contributed by atoms with van der Waals surface area (Å²) in [4.78, 5) is 21.9. The SMILES string of the molecule is O=C(c1c[nH]c2ncccc12)N1CCc2ccccc21. The quantitative estimate of drug-likeness (QED) is 0.734. The number of H-pyrrole nitrogens is 1. The molecule has 1 amide bonds. The predicted molar refractivity (Wildman–Crippen MR) is 77.9 cm³/mol. The van der Waals surface area contributed by atoms with Crippen molar-refractivity contribution in [3.8, 4) is 0 Å². The molecule has 2 aromatic heterocycles. The van der Waals surface area contributed by atoms with Gasteiger partial charge >= 0.3 is 0 Å². The summed E-state index contributed by atoms with van der Waals surface area (Å²) in [5.74, 6) is 0.0363. The van der Waals surface area contributed by atoms with Crippen LogP contribution in [0, 0.1) is 0 Å². The second kappa shape index (κ2) is 4.20. The van der Waals surface area contributed by atoms with Crippen molar-refractivity contribution in [3.05, 3.63) is 59.9 Å². The zero-order valence-corrected chi connectivity index (χ0v) is 10.8. The second-order valence-corrected chi connectivity index (χ2v) is 4.94. The van der Waals surface area contributed by atoms with Crippen LogP contribution in [0.3, 0.4) is 0 Å². The normalized spacial score (nSPS) is 13.7. The van der Waals surface area contributed by atoms with E-state index >= 15 is 0 Å². The van der Waals surface area contributed by atoms with Crippen LogP contribution in [0.15, 0.2) is 48.8 Å². The van der Waals surface area contributed by atoms with Gasteiger partial charge in [-0.2, -0.15) is 0 Å². The molecule has 0 bridgehead atoms. The molecule has 1 aromatic carbocycles. The lowest BCUT2D eigenvalue weighted by atomic mass is 10.1. The maximum absolute atomic E-state index is 12.8. The minimum Gasteiger partial charge on any atom is -0.345 e. The first-order chi connectivity index (χ1) is 9.84. The van der Waals surface area contributed by atoms with Crippen molar-refractivity contribution >= 4 is 22.6 Å². The number of pyridine rings is 1. The Bertz CT molecular complexity index is 806. The molecule has 4 rings (SSSR count). The molecular weight excluding hydrogens is 250 g/mol. The summed E-state index contributed by atoms with van der Waals surface area (Å²) in [6, 6.07) is 11.9. The van der Waals surface area contributed by atoms with Gasteiger partial charge in [-0.05, 0) is 30.2 Å². The smallest absolute Gasteiger partial charge is 0.260 e. The summed E-state index contributed by atoms with van der Waals surface area (Å²) in [6.07, 6.45) is 4.39. The molecule has 0 radical (unpaired) electrons. The lowest BCUT2D eigenvalue weighted by Gasteiger charge is -2.16. The standard InChI is InChI=1S/C16H13N3O/c20-16(13-10-18-15-12(13)5-3-8-17-15)19-9-7-11-4-1-2-6-14(11)19/h1-6,8,10H,7,9H2,(H,17,18). The van der Waals surface area contributed by atoms with Gasteiger partial charge in [0.1, 0.15) is 5.65 Å². The lowest BCUT2D eigenvalue weighted by molar-refractivity contribution is 0.0991. The van der Waals surface area contributed by atoms with Crippen LogP contribution in [0.2, 0.25) is 0 Å². The van der Waals surface area contributed by atoms with Gasteiger partial charge in [-0.15, -0.1) is 0 Å². The highest BCUT2D eigenvalue weighted by atomic mass is 16.2. The number of aromatic amines is 1. The molecule has 1 aliphatic heterocycles. The molecule has 0 saturated carbocycles. The van der Waals surface area contributed by atoms with E-state index in [-0.39, 0.29) is 5.91 Å². The summed E-state index contributed by atoms with van der Waals surface area (Å²) in [5.41, 5.74) is 3.70. The molecule has 0 unspecified atom stereocenters. The van der Waals surface area contributed by atoms with Crippen LogP contribution in [0.4, 0.5) is 5.69 Å². The molecule has 0 saturated heterocycles. The summed E-state index contributed by atoms with van der Waals surface area (Å²) in [5, 5.41) is 0.877. The molecule has 0 atom stereocenters. The number of nitrogens with one attached hydrogen (secondary N) is 1. The summed E-state index contributed by atoms with van der Waals surface area (Å²) >= 11 is 0. The number of anilines is 1. The van der Waals surface area contributed by atoms with E-state index in [0.717, 1.165) is 29.7 Å². The highest BCUT2D eigenvalue weighted by molar-refractivity contribution is 6.14. The van der Waals surface area contributed by atoms with Gasteiger partial charge in [0, 0.05) is 30.0 Å². The molecule has 3 heterocycles. The fourth-order valence-corrected chi connectivity index (χ4v) is 2.83. The number of benzene rings is 1. The van der Waals surface area contributed by atoms with Gasteiger partial charge < -0.3 is 9.88 Å². The largest absolute Gasteiger partial charge is 0.345 e. The average Bonchev–Trinajstić information content (AvgIpc) is 3.11. The van der Waals surface area contributed by atoms with Crippen LogP contribution >= 0.6 is 0 Å². The van der Waals surface area contributed by atoms with Gasteiger partial charge in [-0.25, -0.2) is 4.98 Å². The van der Waals surface area contributed by atoms with E-state index in [9.17, 15) is 4.79 Å². The molecule has 0 fully saturated rings. The summed E-state index contributed by atoms with van der Waals surface area (Å²) < 4.78 is 0. The van der Waals surface area contributed by atoms with Crippen LogP contribution in [-0.4, -0.2) is 22.4 Å². The molecule has 4 nitrogen and oxygen atoms in total. The van der Waals surface area contributed by atoms with E-state index in [1.807, 2.05) is 35.2 Å². The molecule has 4 heteroatoms. The minimum absolute atomic E-state index is 0.0363. The Kier molecular flexibility index (Phi) is 2.36. The number of carbonyl (C=O) groups is 1. The monoisotopic (exact) mass is 263 g/mol.